The molecule has 4 rings (SSSR count). The first-order chi connectivity index (χ1) is 10.9. The molecule has 1 atom stereocenters. The van der Waals surface area contributed by atoms with E-state index in [1.165, 1.54) is 0 Å². The Morgan fingerprint density at radius 2 is 2.27 bits per heavy atom. The van der Waals surface area contributed by atoms with Crippen LogP contribution in [0.25, 0.3) is 5.65 Å². The van der Waals surface area contributed by atoms with E-state index in [2.05, 4.69) is 26.2 Å². The molecule has 110 valence electrons. The molecule has 6 heteroatoms. The van der Waals surface area contributed by atoms with Gasteiger partial charge in [-0.25, -0.2) is 4.98 Å². The van der Waals surface area contributed by atoms with Gasteiger partial charge in [0.05, 0.1) is 0 Å². The lowest BCUT2D eigenvalue weighted by Crippen LogP contribution is -2.35. The van der Waals surface area contributed by atoms with Gasteiger partial charge in [-0.05, 0) is 31.0 Å². The molecule has 6 nitrogen and oxygen atoms in total. The number of fused-ring (bicyclic) bond motifs is 1. The summed E-state index contributed by atoms with van der Waals surface area (Å²) in [6, 6.07) is 10.1. The summed E-state index contributed by atoms with van der Waals surface area (Å²) in [4.78, 5) is 6.89. The van der Waals surface area contributed by atoms with Crippen LogP contribution in [0.15, 0.2) is 36.7 Å². The number of imidazole rings is 1. The predicted octanol–water partition coefficient (Wildman–Crippen LogP) is 2.31. The summed E-state index contributed by atoms with van der Waals surface area (Å²) >= 11 is 0. The maximum absolute atomic E-state index is 9.53. The number of nitriles is 1. The van der Waals surface area contributed by atoms with Gasteiger partial charge >= 0.3 is 0 Å². The Labute approximate surface area is 128 Å². The zero-order valence-electron chi connectivity index (χ0n) is 12.1. The van der Waals surface area contributed by atoms with Crippen LogP contribution in [0.4, 0.5) is 5.82 Å². The molecule has 0 bridgehead atoms. The first kappa shape index (κ1) is 12.9. The van der Waals surface area contributed by atoms with Crippen molar-refractivity contribution >= 4 is 11.5 Å². The number of nitrogens with zero attached hydrogens (tertiary/aromatic N) is 5. The maximum atomic E-state index is 9.53. The minimum absolute atomic E-state index is 0.410. The van der Waals surface area contributed by atoms with E-state index < -0.39 is 0 Å². The van der Waals surface area contributed by atoms with E-state index in [-0.39, 0.29) is 0 Å². The van der Waals surface area contributed by atoms with E-state index in [0.717, 1.165) is 43.1 Å². The highest BCUT2D eigenvalue weighted by Gasteiger charge is 2.26. The van der Waals surface area contributed by atoms with E-state index >= 15 is 0 Å². The van der Waals surface area contributed by atoms with Crippen molar-refractivity contribution in [3.63, 3.8) is 0 Å². The maximum Gasteiger partial charge on any atom is 0.169 e. The molecule has 4 heterocycles. The van der Waals surface area contributed by atoms with E-state index in [1.54, 1.807) is 6.20 Å². The molecule has 0 spiro atoms. The topological polar surface area (TPSA) is 73.0 Å². The lowest BCUT2D eigenvalue weighted by Gasteiger charge is -2.32. The standard InChI is InChI=1S/C16H16N6/c17-10-14-16(19-15-5-1-2-9-22(14)15)21-8-3-4-12(11-21)13-6-7-18-20-13/h1-2,5-7,9,12H,3-4,8,11H2,(H,18,20). The van der Waals surface area contributed by atoms with Crippen LogP contribution >= 0.6 is 0 Å². The monoisotopic (exact) mass is 292 g/mol. The molecule has 0 aliphatic carbocycles. The van der Waals surface area contributed by atoms with Gasteiger partial charge in [0.25, 0.3) is 0 Å². The second-order valence-corrected chi connectivity index (χ2v) is 5.62. The van der Waals surface area contributed by atoms with Gasteiger partial charge in [0.2, 0.25) is 0 Å². The van der Waals surface area contributed by atoms with Crippen LogP contribution < -0.4 is 4.90 Å². The largest absolute Gasteiger partial charge is 0.354 e. The zero-order chi connectivity index (χ0) is 14.9. The number of aromatic amines is 1. The number of piperidine rings is 1. The molecule has 0 radical (unpaired) electrons. The zero-order valence-corrected chi connectivity index (χ0v) is 12.1. The minimum Gasteiger partial charge on any atom is -0.354 e. The van der Waals surface area contributed by atoms with Crippen LogP contribution in [-0.4, -0.2) is 32.7 Å². The molecular formula is C16H16N6. The van der Waals surface area contributed by atoms with Crippen LogP contribution in [0.2, 0.25) is 0 Å². The van der Waals surface area contributed by atoms with Crippen LogP contribution in [-0.2, 0) is 0 Å². The summed E-state index contributed by atoms with van der Waals surface area (Å²) in [5, 5.41) is 16.6. The quantitative estimate of drug-likeness (QED) is 0.786. The number of nitrogens with one attached hydrogen (secondary N) is 1. The van der Waals surface area contributed by atoms with E-state index in [4.69, 9.17) is 0 Å². The van der Waals surface area contributed by atoms with Crippen molar-refractivity contribution in [2.24, 2.45) is 0 Å². The minimum atomic E-state index is 0.410. The van der Waals surface area contributed by atoms with Gasteiger partial charge in [-0.3, -0.25) is 9.50 Å². The van der Waals surface area contributed by atoms with Crippen molar-refractivity contribution in [1.29, 1.82) is 5.26 Å². The molecule has 1 unspecified atom stereocenters. The fraction of sp³-hybridized carbons (Fsp3) is 0.312. The Balaban J connectivity index is 1.71. The molecule has 3 aromatic rings. The predicted molar refractivity (Wildman–Crippen MR) is 82.7 cm³/mol. The molecule has 1 aliphatic heterocycles. The third kappa shape index (κ3) is 2.02. The lowest BCUT2D eigenvalue weighted by atomic mass is 9.95. The van der Waals surface area contributed by atoms with Gasteiger partial charge in [-0.2, -0.15) is 10.4 Å². The fourth-order valence-corrected chi connectivity index (χ4v) is 3.23. The molecule has 1 aliphatic rings. The number of rotatable bonds is 2. The highest BCUT2D eigenvalue weighted by Crippen LogP contribution is 2.30. The van der Waals surface area contributed by atoms with Crippen molar-refractivity contribution < 1.29 is 0 Å². The fourth-order valence-electron chi connectivity index (χ4n) is 3.23. The summed E-state index contributed by atoms with van der Waals surface area (Å²) in [5.41, 5.74) is 2.59. The molecule has 1 fully saturated rings. The summed E-state index contributed by atoms with van der Waals surface area (Å²) < 4.78 is 1.86. The van der Waals surface area contributed by atoms with Gasteiger partial charge < -0.3 is 4.90 Å². The Morgan fingerprint density at radius 3 is 3.09 bits per heavy atom. The van der Waals surface area contributed by atoms with Gasteiger partial charge in [0.1, 0.15) is 11.7 Å². The molecule has 3 aromatic heterocycles. The smallest absolute Gasteiger partial charge is 0.169 e. The Hall–Kier alpha value is -2.81. The first-order valence-corrected chi connectivity index (χ1v) is 7.48. The Kier molecular flexibility index (Phi) is 3.04. The Bertz CT molecular complexity index is 826. The lowest BCUT2D eigenvalue weighted by molar-refractivity contribution is 0.498. The molecular weight excluding hydrogens is 276 g/mol. The third-order valence-electron chi connectivity index (χ3n) is 4.30. The second-order valence-electron chi connectivity index (χ2n) is 5.62. The van der Waals surface area contributed by atoms with Gasteiger partial charge in [0.15, 0.2) is 11.5 Å². The van der Waals surface area contributed by atoms with E-state index in [9.17, 15) is 5.26 Å². The molecule has 0 saturated carbocycles. The van der Waals surface area contributed by atoms with Crippen molar-refractivity contribution in [2.75, 3.05) is 18.0 Å². The number of hydrogen-bond donors (Lipinski definition) is 1. The van der Waals surface area contributed by atoms with E-state index in [1.807, 2.05) is 34.9 Å². The number of pyridine rings is 1. The van der Waals surface area contributed by atoms with Crippen molar-refractivity contribution in [3.8, 4) is 6.07 Å². The van der Waals surface area contributed by atoms with Crippen LogP contribution in [0, 0.1) is 11.3 Å². The normalized spacial score (nSPS) is 18.5. The highest BCUT2D eigenvalue weighted by atomic mass is 15.2. The second kappa shape index (κ2) is 5.19. The molecule has 0 aromatic carbocycles. The molecule has 1 saturated heterocycles. The van der Waals surface area contributed by atoms with Crippen molar-refractivity contribution in [1.82, 2.24) is 19.6 Å². The number of H-pyrrole nitrogens is 1. The number of aromatic nitrogens is 4. The van der Waals surface area contributed by atoms with E-state index in [0.29, 0.717) is 11.6 Å². The van der Waals surface area contributed by atoms with Crippen LogP contribution in [0.3, 0.4) is 0 Å². The average Bonchev–Trinajstić information content (AvgIpc) is 3.22. The SMILES string of the molecule is N#Cc1c(N2CCCC(c3ccn[nH]3)C2)nc2ccccn12. The van der Waals surface area contributed by atoms with Crippen molar-refractivity contribution in [3.05, 3.63) is 48.0 Å². The molecule has 0 amide bonds. The van der Waals surface area contributed by atoms with Gasteiger partial charge in [0, 0.05) is 37.1 Å². The average molecular weight is 292 g/mol. The number of hydrogen-bond acceptors (Lipinski definition) is 4. The van der Waals surface area contributed by atoms with Crippen LogP contribution in [0.1, 0.15) is 30.1 Å². The first-order valence-electron chi connectivity index (χ1n) is 7.48. The van der Waals surface area contributed by atoms with Gasteiger partial charge in [-0.1, -0.05) is 6.07 Å². The Morgan fingerprint density at radius 1 is 1.32 bits per heavy atom. The number of anilines is 1. The summed E-state index contributed by atoms with van der Waals surface area (Å²) in [6.07, 6.45) is 5.90. The molecule has 22 heavy (non-hydrogen) atoms. The summed E-state index contributed by atoms with van der Waals surface area (Å²) in [7, 11) is 0. The summed E-state index contributed by atoms with van der Waals surface area (Å²) in [6.45, 7) is 1.80. The highest BCUT2D eigenvalue weighted by molar-refractivity contribution is 5.60. The third-order valence-corrected chi connectivity index (χ3v) is 4.30. The van der Waals surface area contributed by atoms with Crippen LogP contribution in [0.5, 0.6) is 0 Å². The van der Waals surface area contributed by atoms with Crippen molar-refractivity contribution in [2.45, 2.75) is 18.8 Å². The summed E-state index contributed by atoms with van der Waals surface area (Å²) in [5.74, 6) is 1.20. The molecule has 1 N–H and O–H groups in total. The van der Waals surface area contributed by atoms with Gasteiger partial charge in [-0.15, -0.1) is 0 Å².